The van der Waals surface area contributed by atoms with Gasteiger partial charge in [0.2, 0.25) is 0 Å². The summed E-state index contributed by atoms with van der Waals surface area (Å²) < 4.78 is 1.65. The number of aromatic carboxylic acids is 1. The van der Waals surface area contributed by atoms with E-state index in [1.54, 1.807) is 15.9 Å². The van der Waals surface area contributed by atoms with Crippen LogP contribution in [0.4, 0.5) is 17.1 Å². The summed E-state index contributed by atoms with van der Waals surface area (Å²) in [6.07, 6.45) is 15.9. The Morgan fingerprint density at radius 3 is 1.63 bits per heavy atom. The third kappa shape index (κ3) is 7.56. The number of anilines is 3. The van der Waals surface area contributed by atoms with E-state index in [0.29, 0.717) is 10.9 Å². The van der Waals surface area contributed by atoms with Gasteiger partial charge < -0.3 is 10.0 Å². The van der Waals surface area contributed by atoms with Crippen molar-refractivity contribution in [2.75, 3.05) is 4.90 Å². The molecule has 0 spiro atoms. The van der Waals surface area contributed by atoms with Crippen LogP contribution in [0.5, 0.6) is 0 Å². The van der Waals surface area contributed by atoms with E-state index in [1.165, 1.54) is 107 Å². The standard InChI is InChI=1S/C63H62N4O2S/c1-5-9-35-62(36-10-6-2)52-21-15-13-19-47(52)49-32-29-44(39-54(49)62)66(45-30-33-50-48-20-14-16-22-53(48)63(37-11-7-3,38-12-8-4)55(50)40-45)43-27-25-42(26-28-43)58-34-31-46(70-58)41-51-59(61(68)69)65-67-57-24-18-17-23-56(57)64-60(51)67/h13-34,39-41H,5-12,35-38H2,1-4H3,(H,68,69). The molecule has 3 heterocycles. The van der Waals surface area contributed by atoms with Crippen molar-refractivity contribution in [2.45, 2.75) is 116 Å². The quantitative estimate of drug-likeness (QED) is 0.0928. The Hall–Kier alpha value is -6.83. The van der Waals surface area contributed by atoms with Gasteiger partial charge in [-0.2, -0.15) is 5.10 Å². The highest BCUT2D eigenvalue weighted by molar-refractivity contribution is 7.16. The molecule has 0 amide bonds. The van der Waals surface area contributed by atoms with E-state index in [1.807, 2.05) is 30.3 Å². The maximum Gasteiger partial charge on any atom is 0.357 e. The predicted octanol–water partition coefficient (Wildman–Crippen LogP) is 16.6. The molecule has 352 valence electrons. The van der Waals surface area contributed by atoms with E-state index >= 15 is 0 Å². The largest absolute Gasteiger partial charge is 0.476 e. The number of fused-ring (bicyclic) bond motifs is 9. The molecule has 6 aromatic carbocycles. The van der Waals surface area contributed by atoms with E-state index < -0.39 is 5.97 Å². The lowest BCUT2D eigenvalue weighted by Crippen LogP contribution is -2.26. The Balaban J connectivity index is 1.04. The smallest absolute Gasteiger partial charge is 0.357 e. The lowest BCUT2D eigenvalue weighted by Gasteiger charge is -2.35. The third-order valence-corrected chi connectivity index (χ3v) is 16.7. The molecule has 70 heavy (non-hydrogen) atoms. The van der Waals surface area contributed by atoms with Crippen molar-refractivity contribution in [3.05, 3.63) is 184 Å². The second-order valence-electron chi connectivity index (χ2n) is 19.8. The second-order valence-corrected chi connectivity index (χ2v) is 20.9. The average molecular weight is 939 g/mol. The number of nitrogens with zero attached hydrogens (tertiary/aromatic N) is 4. The van der Waals surface area contributed by atoms with Crippen molar-refractivity contribution < 1.29 is 9.90 Å². The van der Waals surface area contributed by atoms with Crippen molar-refractivity contribution in [3.8, 4) is 32.7 Å². The number of imidazole rings is 1. The summed E-state index contributed by atoms with van der Waals surface area (Å²) in [7, 11) is 0. The zero-order valence-electron chi connectivity index (χ0n) is 41.0. The maximum absolute atomic E-state index is 12.5. The first-order valence-corrected chi connectivity index (χ1v) is 26.7. The van der Waals surface area contributed by atoms with Gasteiger partial charge in [-0.05, 0) is 142 Å². The molecule has 0 bridgehead atoms. The summed E-state index contributed by atoms with van der Waals surface area (Å²) in [5.74, 6) is -1.07. The van der Waals surface area contributed by atoms with Gasteiger partial charge >= 0.3 is 5.97 Å². The summed E-state index contributed by atoms with van der Waals surface area (Å²) in [5, 5.41) is 15.2. The summed E-state index contributed by atoms with van der Waals surface area (Å²) in [6, 6.07) is 54.1. The van der Waals surface area contributed by atoms with Crippen LogP contribution in [0, 0.1) is 0 Å². The van der Waals surface area contributed by atoms with Gasteiger partial charge in [0, 0.05) is 37.6 Å². The first-order chi connectivity index (χ1) is 34.3. The molecule has 0 unspecified atom stereocenters. The van der Waals surface area contributed by atoms with Gasteiger partial charge in [-0.3, -0.25) is 0 Å². The third-order valence-electron chi connectivity index (χ3n) is 15.6. The fourth-order valence-corrected chi connectivity index (χ4v) is 13.2. The minimum atomic E-state index is -1.07. The number of hydrogen-bond donors (Lipinski definition) is 1. The van der Waals surface area contributed by atoms with Gasteiger partial charge in [0.05, 0.1) is 16.3 Å². The lowest BCUT2D eigenvalue weighted by atomic mass is 9.70. The molecule has 2 aliphatic carbocycles. The van der Waals surface area contributed by atoms with E-state index in [2.05, 4.69) is 159 Å². The monoisotopic (exact) mass is 938 g/mol. The number of benzene rings is 6. The van der Waals surface area contributed by atoms with Crippen LogP contribution < -0.4 is 10.1 Å². The average Bonchev–Trinajstić information content (AvgIpc) is 4.21. The zero-order chi connectivity index (χ0) is 48.0. The van der Waals surface area contributed by atoms with Crippen LogP contribution in [0.3, 0.4) is 0 Å². The van der Waals surface area contributed by atoms with E-state index in [0.717, 1.165) is 57.7 Å². The number of carboxylic acids is 1. The lowest BCUT2D eigenvalue weighted by molar-refractivity contribution is 0.0689. The molecule has 0 fully saturated rings. The van der Waals surface area contributed by atoms with E-state index in [9.17, 15) is 9.90 Å². The van der Waals surface area contributed by atoms with Crippen LogP contribution >= 0.6 is 11.3 Å². The van der Waals surface area contributed by atoms with Crippen molar-refractivity contribution in [2.24, 2.45) is 0 Å². The topological polar surface area (TPSA) is 70.7 Å². The van der Waals surface area contributed by atoms with Crippen LogP contribution in [0.15, 0.2) is 146 Å². The van der Waals surface area contributed by atoms with Crippen LogP contribution in [-0.2, 0) is 10.8 Å². The maximum atomic E-state index is 12.5. The minimum absolute atomic E-state index is 0.000505. The van der Waals surface area contributed by atoms with Gasteiger partial charge in [-0.1, -0.05) is 164 Å². The molecule has 0 aliphatic heterocycles. The molecule has 0 saturated carbocycles. The van der Waals surface area contributed by atoms with Gasteiger partial charge in [-0.25, -0.2) is 14.3 Å². The van der Waals surface area contributed by atoms with Crippen LogP contribution in [-0.4, -0.2) is 25.7 Å². The molecule has 7 heteroatoms. The van der Waals surface area contributed by atoms with Crippen molar-refractivity contribution in [1.82, 2.24) is 14.6 Å². The van der Waals surface area contributed by atoms with Gasteiger partial charge in [0.15, 0.2) is 11.3 Å². The number of unbranched alkanes of at least 4 members (excludes halogenated alkanes) is 4. The van der Waals surface area contributed by atoms with E-state index in [4.69, 9.17) is 4.98 Å². The number of thiophene rings is 1. The number of para-hydroxylation sites is 2. The minimum Gasteiger partial charge on any atom is -0.476 e. The number of hydrogen-bond acceptors (Lipinski definition) is 5. The highest BCUT2D eigenvalue weighted by atomic mass is 32.1. The van der Waals surface area contributed by atoms with Crippen LogP contribution in [0.2, 0.25) is 0 Å². The second kappa shape index (κ2) is 18.8. The Bertz CT molecular complexity index is 3320. The predicted molar refractivity (Wildman–Crippen MR) is 291 cm³/mol. The van der Waals surface area contributed by atoms with Crippen molar-refractivity contribution >= 4 is 57.1 Å². The normalized spacial score (nSPS) is 14.3. The molecule has 1 N–H and O–H groups in total. The molecule has 6 nitrogen and oxygen atoms in total. The zero-order valence-corrected chi connectivity index (χ0v) is 41.8. The fraction of sp³-hybridized carbons (Fsp3) is 0.286. The van der Waals surface area contributed by atoms with Crippen LogP contribution in [0.1, 0.15) is 142 Å². The summed E-state index contributed by atoms with van der Waals surface area (Å²) in [4.78, 5) is 21.8. The number of aromatic nitrogens is 3. The molecule has 3 aromatic heterocycles. The van der Waals surface area contributed by atoms with Gasteiger partial charge in [0.1, 0.15) is 0 Å². The number of carboxylic acid groups (broad SMARTS) is 1. The van der Waals surface area contributed by atoms with Gasteiger partial charge in [0.25, 0.3) is 0 Å². The Kier molecular flexibility index (Phi) is 12.3. The van der Waals surface area contributed by atoms with E-state index in [-0.39, 0.29) is 16.5 Å². The summed E-state index contributed by atoms with van der Waals surface area (Å²) >= 11 is 1.64. The molecular formula is C63H62N4O2S. The van der Waals surface area contributed by atoms with Crippen molar-refractivity contribution in [1.29, 1.82) is 0 Å². The molecule has 11 rings (SSSR count). The highest BCUT2D eigenvalue weighted by Crippen LogP contribution is 2.58. The van der Waals surface area contributed by atoms with Crippen LogP contribution in [0.25, 0.3) is 55.5 Å². The molecule has 0 saturated heterocycles. The molecular weight excluding hydrogens is 877 g/mol. The Morgan fingerprint density at radius 2 is 1.09 bits per heavy atom. The SMILES string of the molecule is CCCCC1(CCCC)c2ccccc2-c2ccc(N(c3ccc(-c4ccc(C=c5c(C(=O)O)nn6c5nc5ccccc56)s4)cc3)c3ccc4c(c3)C(CCCC)(CCCC)c3ccccc3-4)cc21. The molecule has 0 atom stereocenters. The molecule has 9 aromatic rings. The summed E-state index contributed by atoms with van der Waals surface area (Å²) in [6.45, 7) is 9.32. The highest BCUT2D eigenvalue weighted by Gasteiger charge is 2.44. The van der Waals surface area contributed by atoms with Gasteiger partial charge in [-0.15, -0.1) is 11.3 Å². The number of rotatable bonds is 18. The Morgan fingerprint density at radius 1 is 0.586 bits per heavy atom. The first-order valence-electron chi connectivity index (χ1n) is 25.8. The fourth-order valence-electron chi connectivity index (χ4n) is 12.2. The molecule has 0 radical (unpaired) electrons. The van der Waals surface area contributed by atoms with Crippen molar-refractivity contribution in [3.63, 3.8) is 0 Å². The number of carbonyl (C=O) groups is 1. The first kappa shape index (κ1) is 45.6. The summed E-state index contributed by atoms with van der Waals surface area (Å²) in [5.41, 5.74) is 18.1. The Labute approximate surface area is 416 Å². The molecule has 2 aliphatic rings.